The molecule has 0 unspecified atom stereocenters. The van der Waals surface area contributed by atoms with E-state index in [0.717, 1.165) is 0 Å². The number of rotatable bonds is 0. The quantitative estimate of drug-likeness (QED) is 0.404. The number of hydrogen-bond acceptors (Lipinski definition) is 3. The summed E-state index contributed by atoms with van der Waals surface area (Å²) in [6, 6.07) is 0. The molecule has 0 atom stereocenters. The van der Waals surface area contributed by atoms with E-state index < -0.39 is 0 Å². The molecular formula is C2H3N4. The summed E-state index contributed by atoms with van der Waals surface area (Å²) in [6.07, 6.45) is 2.44. The van der Waals surface area contributed by atoms with Crippen molar-refractivity contribution in [2.75, 3.05) is 0 Å². The van der Waals surface area contributed by atoms with Gasteiger partial charge in [0.2, 0.25) is 6.33 Å². The van der Waals surface area contributed by atoms with Gasteiger partial charge in [0.05, 0.1) is 0 Å². The fourth-order valence-electron chi connectivity index (χ4n) is 0.185. The Labute approximate surface area is 34.8 Å². The minimum atomic E-state index is 1.40. The van der Waals surface area contributed by atoms with Crippen molar-refractivity contribution in [1.82, 2.24) is 20.2 Å². The predicted molar refractivity (Wildman–Crippen MR) is 17.6 cm³/mol. The number of aromatic nitrogens is 4. The molecule has 0 fully saturated rings. The van der Waals surface area contributed by atoms with E-state index in [1.807, 2.05) is 0 Å². The van der Waals surface area contributed by atoms with Gasteiger partial charge in [-0.1, -0.05) is 0 Å². The Hall–Kier alpha value is -0.930. The number of hydrogen-bond donors (Lipinski definition) is 0. The van der Waals surface area contributed by atoms with Gasteiger partial charge in [-0.15, -0.1) is 5.10 Å². The van der Waals surface area contributed by atoms with Crippen LogP contribution in [0, 0.1) is 6.33 Å². The van der Waals surface area contributed by atoms with Crippen molar-refractivity contribution >= 4 is 0 Å². The molecule has 1 aromatic heterocycles. The van der Waals surface area contributed by atoms with Crippen LogP contribution in [0.5, 0.6) is 0 Å². The van der Waals surface area contributed by atoms with Gasteiger partial charge < -0.3 is 0 Å². The average Bonchev–Trinajstić information content (AvgIpc) is 1.86. The smallest absolute Gasteiger partial charge is 0.221 e. The highest BCUT2D eigenvalue weighted by Gasteiger charge is 1.74. The van der Waals surface area contributed by atoms with Crippen molar-refractivity contribution in [1.29, 1.82) is 0 Å². The summed E-state index contributed by atoms with van der Waals surface area (Å²) in [4.78, 5) is 0. The van der Waals surface area contributed by atoms with Gasteiger partial charge in [0, 0.05) is 7.05 Å². The zero-order valence-corrected chi connectivity index (χ0v) is 3.29. The Balaban J connectivity index is 3.05. The molecule has 4 nitrogen and oxygen atoms in total. The van der Waals surface area contributed by atoms with Gasteiger partial charge in [0.1, 0.15) is 0 Å². The molecule has 4 heteroatoms. The minimum absolute atomic E-state index is 1.40. The van der Waals surface area contributed by atoms with E-state index in [2.05, 4.69) is 21.9 Å². The molecule has 0 aliphatic rings. The van der Waals surface area contributed by atoms with E-state index in [0.29, 0.717) is 0 Å². The van der Waals surface area contributed by atoms with Gasteiger partial charge in [0.25, 0.3) is 0 Å². The Bertz CT molecular complexity index is 109. The molecule has 0 aliphatic carbocycles. The number of tetrazole rings is 1. The third kappa shape index (κ3) is 0.357. The van der Waals surface area contributed by atoms with E-state index in [4.69, 9.17) is 0 Å². The van der Waals surface area contributed by atoms with Crippen molar-refractivity contribution in [2.45, 2.75) is 0 Å². The lowest BCUT2D eigenvalue weighted by Crippen LogP contribution is -1.86. The lowest BCUT2D eigenvalue weighted by Gasteiger charge is -1.69. The highest BCUT2D eigenvalue weighted by Crippen LogP contribution is 1.56. The summed E-state index contributed by atoms with van der Waals surface area (Å²) in [5, 5.41) is 9.94. The maximum Gasteiger partial charge on any atom is 0.221 e. The van der Waals surface area contributed by atoms with Gasteiger partial charge in [-0.25, -0.2) is 4.68 Å². The van der Waals surface area contributed by atoms with Crippen LogP contribution in [0.4, 0.5) is 0 Å². The zero-order chi connectivity index (χ0) is 4.41. The van der Waals surface area contributed by atoms with E-state index in [9.17, 15) is 0 Å². The molecule has 0 bridgehead atoms. The van der Waals surface area contributed by atoms with E-state index in [-0.39, 0.29) is 0 Å². The van der Waals surface area contributed by atoms with Crippen LogP contribution in [-0.2, 0) is 7.05 Å². The van der Waals surface area contributed by atoms with Crippen molar-refractivity contribution in [3.8, 4) is 0 Å². The zero-order valence-electron chi connectivity index (χ0n) is 3.29. The van der Waals surface area contributed by atoms with Gasteiger partial charge in [-0.3, -0.25) is 0 Å². The largest absolute Gasteiger partial charge is 0.226 e. The fraction of sp³-hybridized carbons (Fsp3) is 0.500. The van der Waals surface area contributed by atoms with Gasteiger partial charge >= 0.3 is 0 Å². The van der Waals surface area contributed by atoms with Crippen molar-refractivity contribution in [2.24, 2.45) is 7.05 Å². The van der Waals surface area contributed by atoms with Crippen LogP contribution in [0.1, 0.15) is 0 Å². The molecule has 1 rings (SSSR count). The molecule has 0 N–H and O–H groups in total. The van der Waals surface area contributed by atoms with Crippen LogP contribution in [0.3, 0.4) is 0 Å². The Kier molecular flexibility index (Phi) is 0.567. The molecule has 0 saturated carbocycles. The van der Waals surface area contributed by atoms with Crippen LogP contribution in [0.25, 0.3) is 0 Å². The van der Waals surface area contributed by atoms with Gasteiger partial charge in [-0.05, 0) is 10.4 Å². The first-order valence-electron chi connectivity index (χ1n) is 1.49. The first-order chi connectivity index (χ1) is 2.89. The SMILES string of the molecule is Cn1[c]nnn1. The lowest BCUT2D eigenvalue weighted by molar-refractivity contribution is 0.707. The Morgan fingerprint density at radius 2 is 2.50 bits per heavy atom. The second-order valence-corrected chi connectivity index (χ2v) is 0.902. The molecule has 31 valence electrons. The number of nitrogens with zero attached hydrogens (tertiary/aromatic N) is 4. The first kappa shape index (κ1) is 3.27. The van der Waals surface area contributed by atoms with E-state index >= 15 is 0 Å². The number of aryl methyl sites for hydroxylation is 1. The summed E-state index contributed by atoms with van der Waals surface area (Å²) in [7, 11) is 1.71. The Morgan fingerprint density at radius 1 is 1.67 bits per heavy atom. The minimum Gasteiger partial charge on any atom is -0.226 e. The fourth-order valence-corrected chi connectivity index (χ4v) is 0.185. The molecular weight excluding hydrogens is 80.0 g/mol. The van der Waals surface area contributed by atoms with Crippen LogP contribution in [0.15, 0.2) is 0 Å². The summed E-state index contributed by atoms with van der Waals surface area (Å²) in [5.74, 6) is 0. The maximum atomic E-state index is 3.42. The third-order valence-electron chi connectivity index (χ3n) is 0.408. The van der Waals surface area contributed by atoms with Crippen molar-refractivity contribution in [3.05, 3.63) is 6.33 Å². The average molecular weight is 83.1 g/mol. The molecule has 0 amide bonds. The standard InChI is InChI=1S/C2H3N4/c1-6-2-3-4-5-6/h1H3. The predicted octanol–water partition coefficient (Wildman–Crippen LogP) is -0.990. The van der Waals surface area contributed by atoms with Gasteiger partial charge in [0.15, 0.2) is 0 Å². The highest BCUT2D eigenvalue weighted by molar-refractivity contribution is 4.30. The summed E-state index contributed by atoms with van der Waals surface area (Å²) < 4.78 is 1.40. The van der Waals surface area contributed by atoms with E-state index in [1.165, 1.54) is 4.68 Å². The molecule has 1 radical (unpaired) electrons. The van der Waals surface area contributed by atoms with Crippen LogP contribution in [0.2, 0.25) is 0 Å². The molecule has 6 heavy (non-hydrogen) atoms. The molecule has 1 heterocycles. The second kappa shape index (κ2) is 1.04. The van der Waals surface area contributed by atoms with Crippen molar-refractivity contribution in [3.63, 3.8) is 0 Å². The lowest BCUT2D eigenvalue weighted by atomic mass is 11.2. The maximum absolute atomic E-state index is 3.42. The second-order valence-electron chi connectivity index (χ2n) is 0.902. The van der Waals surface area contributed by atoms with Crippen LogP contribution >= 0.6 is 0 Å². The first-order valence-corrected chi connectivity index (χ1v) is 1.49. The molecule has 0 aromatic carbocycles. The summed E-state index contributed by atoms with van der Waals surface area (Å²) in [5.41, 5.74) is 0. The Morgan fingerprint density at radius 3 is 2.67 bits per heavy atom. The van der Waals surface area contributed by atoms with Gasteiger partial charge in [-0.2, -0.15) is 0 Å². The van der Waals surface area contributed by atoms with Crippen molar-refractivity contribution < 1.29 is 0 Å². The normalized spacial score (nSPS) is 8.83. The summed E-state index contributed by atoms with van der Waals surface area (Å²) >= 11 is 0. The van der Waals surface area contributed by atoms with E-state index in [1.54, 1.807) is 7.05 Å². The monoisotopic (exact) mass is 83.0 g/mol. The molecule has 0 saturated heterocycles. The molecule has 1 aromatic rings. The van der Waals surface area contributed by atoms with Crippen LogP contribution < -0.4 is 0 Å². The van der Waals surface area contributed by atoms with Crippen LogP contribution in [-0.4, -0.2) is 20.2 Å². The topological polar surface area (TPSA) is 43.6 Å². The third-order valence-corrected chi connectivity index (χ3v) is 0.408. The molecule has 0 aliphatic heterocycles. The molecule has 0 spiro atoms. The highest BCUT2D eigenvalue weighted by atomic mass is 15.5. The summed E-state index contributed by atoms with van der Waals surface area (Å²) in [6.45, 7) is 0.